The van der Waals surface area contributed by atoms with Crippen LogP contribution in [-0.2, 0) is 0 Å². The van der Waals surface area contributed by atoms with E-state index in [4.69, 9.17) is 11.6 Å². The quantitative estimate of drug-likeness (QED) is 0.668. The van der Waals surface area contributed by atoms with Crippen LogP contribution in [0.15, 0.2) is 36.7 Å². The molecule has 0 unspecified atom stereocenters. The van der Waals surface area contributed by atoms with Gasteiger partial charge in [0.1, 0.15) is 0 Å². The Kier molecular flexibility index (Phi) is 2.42. The standard InChI is InChI=1S/C11H6ClN3OS/c12-10(16)7-5-13-15(6-7)11-14-8-3-1-2-4-9(8)17-11/h1-6H. The number of hydrogen-bond donors (Lipinski definition) is 0. The van der Waals surface area contributed by atoms with Crippen molar-refractivity contribution < 1.29 is 4.79 Å². The highest BCUT2D eigenvalue weighted by atomic mass is 35.5. The number of carbonyl (C=O) groups is 1. The Morgan fingerprint density at radius 1 is 1.35 bits per heavy atom. The second kappa shape index (κ2) is 3.94. The minimum Gasteiger partial charge on any atom is -0.275 e. The minimum atomic E-state index is -0.516. The average Bonchev–Trinajstić information content (AvgIpc) is 2.95. The summed E-state index contributed by atoms with van der Waals surface area (Å²) in [5.74, 6) is 0. The SMILES string of the molecule is O=C(Cl)c1cnn(-c2nc3ccccc3s2)c1. The van der Waals surface area contributed by atoms with Gasteiger partial charge in [0.15, 0.2) is 0 Å². The van der Waals surface area contributed by atoms with Crippen LogP contribution >= 0.6 is 22.9 Å². The molecule has 17 heavy (non-hydrogen) atoms. The van der Waals surface area contributed by atoms with E-state index in [-0.39, 0.29) is 0 Å². The van der Waals surface area contributed by atoms with Crippen LogP contribution in [0.2, 0.25) is 0 Å². The lowest BCUT2D eigenvalue weighted by atomic mass is 10.3. The second-order valence-corrected chi connectivity index (χ2v) is 4.76. The first-order valence-electron chi connectivity index (χ1n) is 4.84. The van der Waals surface area contributed by atoms with Crippen LogP contribution in [0.4, 0.5) is 0 Å². The molecule has 1 aromatic carbocycles. The molecular weight excluding hydrogens is 258 g/mol. The molecule has 4 nitrogen and oxygen atoms in total. The number of nitrogens with zero attached hydrogens (tertiary/aromatic N) is 3. The fourth-order valence-electron chi connectivity index (χ4n) is 1.49. The zero-order valence-corrected chi connectivity index (χ0v) is 10.1. The number of rotatable bonds is 2. The number of hydrogen-bond acceptors (Lipinski definition) is 4. The predicted octanol–water partition coefficient (Wildman–Crippen LogP) is 2.86. The number of benzene rings is 1. The van der Waals surface area contributed by atoms with Gasteiger partial charge in [0.05, 0.1) is 22.0 Å². The second-order valence-electron chi connectivity index (χ2n) is 3.41. The van der Waals surface area contributed by atoms with E-state index in [0.717, 1.165) is 15.3 Å². The van der Waals surface area contributed by atoms with Gasteiger partial charge in [-0.2, -0.15) is 5.10 Å². The van der Waals surface area contributed by atoms with Crippen molar-refractivity contribution in [1.82, 2.24) is 14.8 Å². The van der Waals surface area contributed by atoms with E-state index >= 15 is 0 Å². The minimum absolute atomic E-state index is 0.367. The van der Waals surface area contributed by atoms with Gasteiger partial charge in [0, 0.05) is 6.20 Å². The van der Waals surface area contributed by atoms with Crippen LogP contribution in [0.1, 0.15) is 10.4 Å². The molecule has 0 aliphatic heterocycles. The first-order valence-corrected chi connectivity index (χ1v) is 6.04. The molecule has 84 valence electrons. The van der Waals surface area contributed by atoms with E-state index in [1.54, 1.807) is 10.9 Å². The maximum Gasteiger partial charge on any atom is 0.255 e. The van der Waals surface area contributed by atoms with E-state index in [1.165, 1.54) is 17.5 Å². The smallest absolute Gasteiger partial charge is 0.255 e. The van der Waals surface area contributed by atoms with Crippen LogP contribution < -0.4 is 0 Å². The zero-order chi connectivity index (χ0) is 11.8. The van der Waals surface area contributed by atoms with Gasteiger partial charge >= 0.3 is 0 Å². The Morgan fingerprint density at radius 2 is 2.18 bits per heavy atom. The molecular formula is C11H6ClN3OS. The summed E-state index contributed by atoms with van der Waals surface area (Å²) < 4.78 is 2.64. The van der Waals surface area contributed by atoms with Gasteiger partial charge in [-0.05, 0) is 23.7 Å². The van der Waals surface area contributed by atoms with Gasteiger partial charge < -0.3 is 0 Å². The summed E-state index contributed by atoms with van der Waals surface area (Å²) in [6.07, 6.45) is 3.01. The van der Waals surface area contributed by atoms with E-state index in [2.05, 4.69) is 10.1 Å². The number of para-hydroxylation sites is 1. The van der Waals surface area contributed by atoms with Gasteiger partial charge in [-0.1, -0.05) is 23.5 Å². The average molecular weight is 264 g/mol. The molecule has 0 spiro atoms. The van der Waals surface area contributed by atoms with Gasteiger partial charge in [-0.25, -0.2) is 9.67 Å². The number of carbonyl (C=O) groups excluding carboxylic acids is 1. The molecule has 0 aliphatic carbocycles. The molecule has 0 saturated carbocycles. The third-order valence-corrected chi connectivity index (χ3v) is 3.53. The maximum absolute atomic E-state index is 11.0. The third-order valence-electron chi connectivity index (χ3n) is 2.29. The molecule has 0 fully saturated rings. The molecule has 2 aromatic heterocycles. The number of fused-ring (bicyclic) bond motifs is 1. The molecule has 0 atom stereocenters. The fraction of sp³-hybridized carbons (Fsp3) is 0. The lowest BCUT2D eigenvalue weighted by molar-refractivity contribution is 0.108. The zero-order valence-electron chi connectivity index (χ0n) is 8.50. The van der Waals surface area contributed by atoms with Gasteiger partial charge in [0.25, 0.3) is 5.24 Å². The summed E-state index contributed by atoms with van der Waals surface area (Å²) in [6.45, 7) is 0. The monoisotopic (exact) mass is 263 g/mol. The Balaban J connectivity index is 2.10. The van der Waals surface area contributed by atoms with Crippen molar-refractivity contribution in [2.75, 3.05) is 0 Å². The summed E-state index contributed by atoms with van der Waals surface area (Å²) in [6, 6.07) is 7.82. The molecule has 3 aromatic rings. The van der Waals surface area contributed by atoms with Crippen molar-refractivity contribution >= 4 is 38.4 Å². The first kappa shape index (κ1) is 10.4. The molecule has 0 saturated heterocycles. The van der Waals surface area contributed by atoms with Crippen molar-refractivity contribution in [3.8, 4) is 5.13 Å². The maximum atomic E-state index is 11.0. The van der Waals surface area contributed by atoms with Crippen molar-refractivity contribution in [1.29, 1.82) is 0 Å². The van der Waals surface area contributed by atoms with E-state index in [9.17, 15) is 4.79 Å². The Labute approximate surface area is 105 Å². The molecule has 0 amide bonds. The predicted molar refractivity (Wildman–Crippen MR) is 66.9 cm³/mol. The van der Waals surface area contributed by atoms with Gasteiger partial charge in [-0.3, -0.25) is 4.79 Å². The van der Waals surface area contributed by atoms with Crippen molar-refractivity contribution in [2.45, 2.75) is 0 Å². The Bertz CT molecular complexity index is 670. The van der Waals surface area contributed by atoms with Crippen LogP contribution in [0.25, 0.3) is 15.3 Å². The molecule has 0 bridgehead atoms. The van der Waals surface area contributed by atoms with Crippen molar-refractivity contribution in [3.63, 3.8) is 0 Å². The Morgan fingerprint density at radius 3 is 2.88 bits per heavy atom. The number of halogens is 1. The lowest BCUT2D eigenvalue weighted by Gasteiger charge is -1.90. The van der Waals surface area contributed by atoms with E-state index < -0.39 is 5.24 Å². The van der Waals surface area contributed by atoms with Crippen LogP contribution in [0, 0.1) is 0 Å². The van der Waals surface area contributed by atoms with E-state index in [0.29, 0.717) is 5.56 Å². The lowest BCUT2D eigenvalue weighted by Crippen LogP contribution is -1.92. The number of aromatic nitrogens is 3. The number of thiazole rings is 1. The Hall–Kier alpha value is -1.72. The molecule has 0 N–H and O–H groups in total. The topological polar surface area (TPSA) is 47.8 Å². The molecule has 2 heterocycles. The first-order chi connectivity index (χ1) is 8.24. The highest BCUT2D eigenvalue weighted by Crippen LogP contribution is 2.24. The highest BCUT2D eigenvalue weighted by molar-refractivity contribution is 7.20. The van der Waals surface area contributed by atoms with Crippen molar-refractivity contribution in [3.05, 3.63) is 42.2 Å². The summed E-state index contributed by atoms with van der Waals surface area (Å²) >= 11 is 6.88. The van der Waals surface area contributed by atoms with Crippen LogP contribution in [0.3, 0.4) is 0 Å². The van der Waals surface area contributed by atoms with E-state index in [1.807, 2.05) is 24.3 Å². The fourth-order valence-corrected chi connectivity index (χ4v) is 2.48. The summed E-state index contributed by atoms with van der Waals surface area (Å²) in [4.78, 5) is 15.4. The van der Waals surface area contributed by atoms with Crippen molar-refractivity contribution in [2.24, 2.45) is 0 Å². The van der Waals surface area contributed by atoms with Crippen LogP contribution in [0.5, 0.6) is 0 Å². The molecule has 6 heteroatoms. The third kappa shape index (κ3) is 1.83. The van der Waals surface area contributed by atoms with Gasteiger partial charge in [0.2, 0.25) is 5.13 Å². The summed E-state index contributed by atoms with van der Waals surface area (Å²) in [5.41, 5.74) is 1.28. The van der Waals surface area contributed by atoms with Crippen LogP contribution in [-0.4, -0.2) is 20.0 Å². The summed E-state index contributed by atoms with van der Waals surface area (Å²) in [7, 11) is 0. The molecule has 0 radical (unpaired) electrons. The molecule has 3 rings (SSSR count). The normalized spacial score (nSPS) is 10.9. The molecule has 0 aliphatic rings. The van der Waals surface area contributed by atoms with Gasteiger partial charge in [-0.15, -0.1) is 0 Å². The highest BCUT2D eigenvalue weighted by Gasteiger charge is 2.09. The largest absolute Gasteiger partial charge is 0.275 e. The summed E-state index contributed by atoms with van der Waals surface area (Å²) in [5, 5.41) is 4.26.